The number of rotatable bonds is 2. The van der Waals surface area contributed by atoms with E-state index in [0.29, 0.717) is 13.1 Å². The molecule has 0 radical (unpaired) electrons. The first-order valence-corrected chi connectivity index (χ1v) is 9.17. The maximum atomic E-state index is 12.1. The topological polar surface area (TPSA) is 60.9 Å². The van der Waals surface area contributed by atoms with E-state index in [9.17, 15) is 4.79 Å². The first-order valence-electron chi connectivity index (χ1n) is 9.17. The summed E-state index contributed by atoms with van der Waals surface area (Å²) in [7, 11) is -0.399. The van der Waals surface area contributed by atoms with Crippen LogP contribution in [0.15, 0.2) is 18.3 Å². The van der Waals surface area contributed by atoms with E-state index in [4.69, 9.17) is 14.0 Å². The van der Waals surface area contributed by atoms with Crippen molar-refractivity contribution in [3.8, 4) is 0 Å². The summed E-state index contributed by atoms with van der Waals surface area (Å²) in [5, 5.41) is 0. The van der Waals surface area contributed by atoms with Crippen molar-refractivity contribution in [3.05, 3.63) is 24.0 Å². The fourth-order valence-electron chi connectivity index (χ4n) is 2.96. The zero-order valence-electron chi connectivity index (χ0n) is 16.8. The molecule has 0 aliphatic carbocycles. The van der Waals surface area contributed by atoms with Crippen LogP contribution in [0.25, 0.3) is 0 Å². The van der Waals surface area contributed by atoms with E-state index >= 15 is 0 Å². The van der Waals surface area contributed by atoms with Crippen LogP contribution in [0.5, 0.6) is 0 Å². The minimum absolute atomic E-state index is 0.213. The highest BCUT2D eigenvalue weighted by atomic mass is 16.7. The summed E-state index contributed by atoms with van der Waals surface area (Å²) in [6, 6.07) is 3.95. The van der Waals surface area contributed by atoms with E-state index in [1.807, 2.05) is 60.6 Å². The third-order valence-electron chi connectivity index (χ3n) is 5.28. The lowest BCUT2D eigenvalue weighted by Crippen LogP contribution is -2.50. The van der Waals surface area contributed by atoms with Crippen LogP contribution in [0.4, 0.5) is 4.79 Å². The molecule has 0 spiro atoms. The number of pyridine rings is 1. The van der Waals surface area contributed by atoms with Crippen molar-refractivity contribution >= 4 is 18.7 Å². The molecule has 2 aliphatic heterocycles. The third kappa shape index (κ3) is 3.74. The minimum atomic E-state index is -0.475. The first-order chi connectivity index (χ1) is 11.9. The van der Waals surface area contributed by atoms with Crippen molar-refractivity contribution in [1.29, 1.82) is 0 Å². The smallest absolute Gasteiger partial charge is 0.444 e. The molecule has 7 heteroatoms. The molecular formula is C19H29BN2O4. The first kappa shape index (κ1) is 19.2. The minimum Gasteiger partial charge on any atom is -0.444 e. The molecule has 0 unspecified atom stereocenters. The number of hydrogen-bond acceptors (Lipinski definition) is 5. The highest BCUT2D eigenvalue weighted by Gasteiger charge is 2.51. The number of hydrogen-bond donors (Lipinski definition) is 0. The molecule has 0 N–H and O–H groups in total. The van der Waals surface area contributed by atoms with Crippen molar-refractivity contribution in [3.63, 3.8) is 0 Å². The second-order valence-corrected chi connectivity index (χ2v) is 9.18. The molecule has 3 rings (SSSR count). The molecule has 1 amide bonds. The van der Waals surface area contributed by atoms with Crippen LogP contribution in [0, 0.1) is 0 Å². The number of nitrogens with zero attached hydrogens (tertiary/aromatic N) is 2. The SMILES string of the molecule is CC(C)(C)OC(=O)N1CC(c2cc(B3OC(C)(C)C(C)(C)O3)ccn2)C1. The lowest BCUT2D eigenvalue weighted by atomic mass is 9.78. The second kappa shape index (κ2) is 6.24. The van der Waals surface area contributed by atoms with Crippen molar-refractivity contribution in [2.45, 2.75) is 71.2 Å². The van der Waals surface area contributed by atoms with E-state index in [-0.39, 0.29) is 23.2 Å². The molecule has 1 aromatic heterocycles. The summed E-state index contributed by atoms with van der Waals surface area (Å²) >= 11 is 0. The highest BCUT2D eigenvalue weighted by Crippen LogP contribution is 2.36. The molecule has 3 heterocycles. The molecule has 1 aromatic rings. The summed E-state index contributed by atoms with van der Waals surface area (Å²) in [6.45, 7) is 15.0. The summed E-state index contributed by atoms with van der Waals surface area (Å²) in [5.41, 5.74) is 0.703. The van der Waals surface area contributed by atoms with Gasteiger partial charge in [-0.05, 0) is 66.1 Å². The fourth-order valence-corrected chi connectivity index (χ4v) is 2.96. The van der Waals surface area contributed by atoms with Gasteiger partial charge in [-0.15, -0.1) is 0 Å². The largest absolute Gasteiger partial charge is 0.494 e. The van der Waals surface area contributed by atoms with E-state index < -0.39 is 12.7 Å². The average Bonchev–Trinajstić information content (AvgIpc) is 2.64. The Morgan fingerprint density at radius 1 is 1.23 bits per heavy atom. The predicted octanol–water partition coefficient (Wildman–Crippen LogP) is 2.72. The molecule has 0 atom stereocenters. The third-order valence-corrected chi connectivity index (χ3v) is 5.28. The molecule has 0 saturated carbocycles. The van der Waals surface area contributed by atoms with Gasteiger partial charge in [0.2, 0.25) is 0 Å². The Bertz CT molecular complexity index is 677. The number of aromatic nitrogens is 1. The molecule has 142 valence electrons. The Labute approximate surface area is 156 Å². The number of carbonyl (C=O) groups is 1. The van der Waals surface area contributed by atoms with Crippen molar-refractivity contribution < 1.29 is 18.8 Å². The van der Waals surface area contributed by atoms with Gasteiger partial charge in [-0.25, -0.2) is 4.79 Å². The Morgan fingerprint density at radius 2 is 1.81 bits per heavy atom. The standard InChI is InChI=1S/C19H29BN2O4/c1-17(2,3)24-16(23)22-11-13(12-22)15-10-14(8-9-21-15)20-25-18(4,5)19(6,7)26-20/h8-10,13H,11-12H2,1-7H3. The van der Waals surface area contributed by atoms with Crippen molar-refractivity contribution in [2.24, 2.45) is 0 Å². The van der Waals surface area contributed by atoms with Gasteiger partial charge in [0.05, 0.1) is 11.2 Å². The van der Waals surface area contributed by atoms with Crippen LogP contribution in [-0.4, -0.2) is 53.0 Å². The number of likely N-dealkylation sites (tertiary alicyclic amines) is 1. The Hall–Kier alpha value is -1.60. The lowest BCUT2D eigenvalue weighted by molar-refractivity contribution is 0.00578. The Balaban J connectivity index is 1.64. The number of ether oxygens (including phenoxy) is 1. The van der Waals surface area contributed by atoms with Gasteiger partial charge in [0.25, 0.3) is 0 Å². The van der Waals surface area contributed by atoms with Crippen LogP contribution in [0.2, 0.25) is 0 Å². The molecular weight excluding hydrogens is 331 g/mol. The van der Waals surface area contributed by atoms with Gasteiger partial charge in [0.1, 0.15) is 5.60 Å². The summed E-state index contributed by atoms with van der Waals surface area (Å²) in [6.07, 6.45) is 1.52. The van der Waals surface area contributed by atoms with Gasteiger partial charge >= 0.3 is 13.2 Å². The van der Waals surface area contributed by atoms with Gasteiger partial charge in [-0.2, -0.15) is 0 Å². The summed E-state index contributed by atoms with van der Waals surface area (Å²) in [4.78, 5) is 18.3. The van der Waals surface area contributed by atoms with E-state index in [1.54, 1.807) is 11.1 Å². The fraction of sp³-hybridized carbons (Fsp3) is 0.684. The van der Waals surface area contributed by atoms with Gasteiger partial charge in [-0.1, -0.05) is 0 Å². The molecule has 6 nitrogen and oxygen atoms in total. The molecule has 2 aliphatic rings. The van der Waals surface area contributed by atoms with E-state index in [1.165, 1.54) is 0 Å². The van der Waals surface area contributed by atoms with Crippen LogP contribution >= 0.6 is 0 Å². The maximum absolute atomic E-state index is 12.1. The second-order valence-electron chi connectivity index (χ2n) is 9.18. The van der Waals surface area contributed by atoms with Crippen LogP contribution < -0.4 is 5.46 Å². The predicted molar refractivity (Wildman–Crippen MR) is 101 cm³/mol. The summed E-state index contributed by atoms with van der Waals surface area (Å²) in [5.74, 6) is 0.213. The molecule has 26 heavy (non-hydrogen) atoms. The zero-order chi connectivity index (χ0) is 19.3. The van der Waals surface area contributed by atoms with Crippen LogP contribution in [0.3, 0.4) is 0 Å². The lowest BCUT2D eigenvalue weighted by Gasteiger charge is -2.39. The van der Waals surface area contributed by atoms with E-state index in [2.05, 4.69) is 4.98 Å². The maximum Gasteiger partial charge on any atom is 0.494 e. The van der Waals surface area contributed by atoms with Crippen molar-refractivity contribution in [1.82, 2.24) is 9.88 Å². The normalized spacial score (nSPS) is 22.3. The Kier molecular flexibility index (Phi) is 4.60. The number of carbonyl (C=O) groups excluding carboxylic acids is 1. The molecule has 2 saturated heterocycles. The molecule has 0 bridgehead atoms. The van der Waals surface area contributed by atoms with E-state index in [0.717, 1.165) is 11.2 Å². The van der Waals surface area contributed by atoms with Crippen LogP contribution in [-0.2, 0) is 14.0 Å². The quantitative estimate of drug-likeness (QED) is 0.759. The monoisotopic (exact) mass is 360 g/mol. The summed E-state index contributed by atoms with van der Waals surface area (Å²) < 4.78 is 17.6. The van der Waals surface area contributed by atoms with Gasteiger partial charge < -0.3 is 18.9 Å². The number of amides is 1. The molecule has 0 aromatic carbocycles. The zero-order valence-corrected chi connectivity index (χ0v) is 16.8. The van der Waals surface area contributed by atoms with Gasteiger partial charge in [-0.3, -0.25) is 4.98 Å². The average molecular weight is 360 g/mol. The highest BCUT2D eigenvalue weighted by molar-refractivity contribution is 6.62. The Morgan fingerprint density at radius 3 is 2.35 bits per heavy atom. The van der Waals surface area contributed by atoms with Gasteiger partial charge in [0, 0.05) is 30.9 Å². The van der Waals surface area contributed by atoms with Crippen molar-refractivity contribution in [2.75, 3.05) is 13.1 Å². The van der Waals surface area contributed by atoms with Crippen LogP contribution in [0.1, 0.15) is 60.1 Å². The molecule has 2 fully saturated rings. The van der Waals surface area contributed by atoms with Gasteiger partial charge in [0.15, 0.2) is 0 Å².